The number of para-hydroxylation sites is 1. The van der Waals surface area contributed by atoms with E-state index in [1.807, 2.05) is 30.3 Å². The maximum absolute atomic E-state index is 12.0. The molecule has 7 heteroatoms. The molecule has 2 heterocycles. The van der Waals surface area contributed by atoms with Crippen LogP contribution in [0.4, 0.5) is 17.1 Å². The van der Waals surface area contributed by atoms with E-state index in [4.69, 9.17) is 15.2 Å². The summed E-state index contributed by atoms with van der Waals surface area (Å²) in [5, 5.41) is 6.41. The summed E-state index contributed by atoms with van der Waals surface area (Å²) >= 11 is 0. The highest BCUT2D eigenvalue weighted by Crippen LogP contribution is 2.42. The molecular weight excluding hydrogens is 500 g/mol. The molecule has 3 aromatic carbocycles. The summed E-state index contributed by atoms with van der Waals surface area (Å²) in [4.78, 5) is 12.0. The van der Waals surface area contributed by atoms with Crippen molar-refractivity contribution >= 4 is 34.8 Å². The Hall–Kier alpha value is -4.10. The number of unbranched alkanes of at least 4 members (excludes halogenated alkanes) is 2. The van der Waals surface area contributed by atoms with Crippen LogP contribution in [0.3, 0.4) is 0 Å². The molecule has 0 fully saturated rings. The molecule has 7 nitrogen and oxygen atoms in total. The standard InChI is InChI=1S/C33H38N4O3/c1-33(2)27-22-26(36-25-9-5-3-6-10-25)14-15-28(27)37(20-8-4-7-11-32(38)35-19-18-34)31(33)17-13-24-12-16-29-30(21-24)40-23-39-29/h3,5-6,9-10,12-17,21-22,36H,4,7-8,11,18-20,23,34H2,1-2H3/p+1/b17-13+. The highest BCUT2D eigenvalue weighted by Gasteiger charge is 2.44. The van der Waals surface area contributed by atoms with Crippen LogP contribution in [0.15, 0.2) is 72.8 Å². The van der Waals surface area contributed by atoms with Crippen molar-refractivity contribution in [1.29, 1.82) is 0 Å². The summed E-state index contributed by atoms with van der Waals surface area (Å²) in [7, 11) is 0. The monoisotopic (exact) mass is 539 g/mol. The summed E-state index contributed by atoms with van der Waals surface area (Å²) in [6.07, 6.45) is 7.77. The second-order valence-electron chi connectivity index (χ2n) is 10.8. The zero-order valence-corrected chi connectivity index (χ0v) is 23.4. The zero-order chi connectivity index (χ0) is 28.0. The van der Waals surface area contributed by atoms with Gasteiger partial charge in [-0.3, -0.25) is 4.79 Å². The Labute approximate surface area is 236 Å². The molecule has 0 saturated carbocycles. The number of rotatable bonds is 12. The predicted molar refractivity (Wildman–Crippen MR) is 161 cm³/mol. The van der Waals surface area contributed by atoms with Crippen molar-refractivity contribution in [3.8, 4) is 11.5 Å². The number of ether oxygens (including phenoxy) is 2. The van der Waals surface area contributed by atoms with Gasteiger partial charge in [-0.25, -0.2) is 0 Å². The minimum absolute atomic E-state index is 0.0791. The Kier molecular flexibility index (Phi) is 8.51. The van der Waals surface area contributed by atoms with Crippen molar-refractivity contribution in [3.05, 3.63) is 83.9 Å². The first kappa shape index (κ1) is 27.5. The lowest BCUT2D eigenvalue weighted by Crippen LogP contribution is -2.28. The molecular formula is C33H39N4O3+. The van der Waals surface area contributed by atoms with Crippen molar-refractivity contribution in [2.45, 2.75) is 44.9 Å². The molecule has 208 valence electrons. The van der Waals surface area contributed by atoms with Crippen LogP contribution < -0.4 is 25.8 Å². The van der Waals surface area contributed by atoms with E-state index in [-0.39, 0.29) is 18.1 Å². The number of nitrogens with two attached hydrogens (primary N) is 1. The minimum Gasteiger partial charge on any atom is -0.454 e. The van der Waals surface area contributed by atoms with Crippen molar-refractivity contribution in [2.75, 3.05) is 31.7 Å². The van der Waals surface area contributed by atoms with Crippen LogP contribution in [-0.4, -0.2) is 42.6 Å². The number of hydrogen-bond acceptors (Lipinski definition) is 5. The lowest BCUT2D eigenvalue weighted by Gasteiger charge is -2.17. The summed E-state index contributed by atoms with van der Waals surface area (Å²) in [6.45, 7) is 6.74. The number of hydrogen-bond donors (Lipinski definition) is 3. The van der Waals surface area contributed by atoms with Crippen molar-refractivity contribution in [3.63, 3.8) is 0 Å². The van der Waals surface area contributed by atoms with Gasteiger partial charge < -0.3 is 25.8 Å². The van der Waals surface area contributed by atoms with Crippen LogP contribution in [0, 0.1) is 0 Å². The van der Waals surface area contributed by atoms with Gasteiger partial charge in [-0.05, 0) is 74.7 Å². The van der Waals surface area contributed by atoms with Gasteiger partial charge in [-0.15, -0.1) is 0 Å². The van der Waals surface area contributed by atoms with Crippen LogP contribution >= 0.6 is 0 Å². The number of nitrogens with one attached hydrogen (secondary N) is 2. The van der Waals surface area contributed by atoms with Gasteiger partial charge in [0.2, 0.25) is 18.4 Å². The fourth-order valence-corrected chi connectivity index (χ4v) is 5.41. The molecule has 0 radical (unpaired) electrons. The van der Waals surface area contributed by atoms with Crippen LogP contribution in [0.2, 0.25) is 0 Å². The number of carbonyl (C=O) groups excluding carboxylic acids is 1. The van der Waals surface area contributed by atoms with E-state index >= 15 is 0 Å². The fraction of sp³-hybridized carbons (Fsp3) is 0.333. The number of fused-ring (bicyclic) bond motifs is 2. The third kappa shape index (κ3) is 6.20. The largest absolute Gasteiger partial charge is 0.454 e. The summed E-state index contributed by atoms with van der Waals surface area (Å²) in [5.41, 5.74) is 12.3. The van der Waals surface area contributed by atoms with Gasteiger partial charge >= 0.3 is 0 Å². The molecule has 0 aliphatic carbocycles. The van der Waals surface area contributed by atoms with Gasteiger partial charge in [-0.2, -0.15) is 4.58 Å². The van der Waals surface area contributed by atoms with E-state index < -0.39 is 0 Å². The van der Waals surface area contributed by atoms with E-state index in [2.05, 4.69) is 77.6 Å². The molecule has 3 aromatic rings. The molecule has 0 unspecified atom stereocenters. The van der Waals surface area contributed by atoms with Crippen LogP contribution in [0.5, 0.6) is 11.5 Å². The van der Waals surface area contributed by atoms with Gasteiger partial charge in [0.25, 0.3) is 0 Å². The van der Waals surface area contributed by atoms with Gasteiger partial charge in [-0.1, -0.05) is 24.3 Å². The molecule has 2 aliphatic heterocycles. The van der Waals surface area contributed by atoms with Crippen LogP contribution in [0.1, 0.15) is 50.7 Å². The van der Waals surface area contributed by atoms with E-state index in [1.54, 1.807) is 0 Å². The molecule has 5 rings (SSSR count). The Morgan fingerprint density at radius 2 is 1.77 bits per heavy atom. The molecule has 0 spiro atoms. The van der Waals surface area contributed by atoms with Gasteiger partial charge in [0, 0.05) is 55.0 Å². The summed E-state index contributed by atoms with van der Waals surface area (Å²) in [5.74, 6) is 1.65. The van der Waals surface area contributed by atoms with E-state index in [9.17, 15) is 4.79 Å². The fourth-order valence-electron chi connectivity index (χ4n) is 5.41. The summed E-state index contributed by atoms with van der Waals surface area (Å²) in [6, 6.07) is 23.0. The Bertz CT molecular complexity index is 1410. The molecule has 2 aliphatic rings. The topological polar surface area (TPSA) is 88.6 Å². The smallest absolute Gasteiger partial charge is 0.231 e. The number of nitrogens with zero attached hydrogens (tertiary/aromatic N) is 1. The lowest BCUT2D eigenvalue weighted by molar-refractivity contribution is -0.438. The Balaban J connectivity index is 1.37. The number of benzene rings is 3. The summed E-state index contributed by atoms with van der Waals surface area (Å²) < 4.78 is 13.5. The molecule has 1 amide bonds. The molecule has 0 aromatic heterocycles. The number of amides is 1. The second kappa shape index (κ2) is 12.4. The number of anilines is 2. The first-order valence-corrected chi connectivity index (χ1v) is 14.1. The Morgan fingerprint density at radius 3 is 2.60 bits per heavy atom. The van der Waals surface area contributed by atoms with Crippen molar-refractivity contribution in [1.82, 2.24) is 5.32 Å². The third-order valence-corrected chi connectivity index (χ3v) is 7.54. The minimum atomic E-state index is -0.196. The molecule has 0 saturated heterocycles. The Morgan fingerprint density at radius 1 is 0.950 bits per heavy atom. The van der Waals surface area contributed by atoms with Crippen molar-refractivity contribution < 1.29 is 18.8 Å². The predicted octanol–water partition coefficient (Wildman–Crippen LogP) is 5.88. The third-order valence-electron chi connectivity index (χ3n) is 7.54. The highest BCUT2D eigenvalue weighted by molar-refractivity contribution is 6.05. The van der Waals surface area contributed by atoms with Crippen LogP contribution in [-0.2, 0) is 10.2 Å². The average molecular weight is 540 g/mol. The molecule has 4 N–H and O–H groups in total. The van der Waals surface area contributed by atoms with Gasteiger partial charge in [0.05, 0.1) is 5.41 Å². The van der Waals surface area contributed by atoms with Crippen molar-refractivity contribution in [2.24, 2.45) is 5.73 Å². The van der Waals surface area contributed by atoms with E-state index in [1.165, 1.54) is 17.0 Å². The zero-order valence-electron chi connectivity index (χ0n) is 23.4. The number of allylic oxidation sites excluding steroid dienone is 1. The van der Waals surface area contributed by atoms with E-state index in [0.29, 0.717) is 19.5 Å². The number of carbonyl (C=O) groups is 1. The maximum Gasteiger partial charge on any atom is 0.231 e. The quantitative estimate of drug-likeness (QED) is 0.198. The average Bonchev–Trinajstić information content (AvgIpc) is 3.51. The lowest BCUT2D eigenvalue weighted by atomic mass is 9.81. The first-order chi connectivity index (χ1) is 19.5. The van der Waals surface area contributed by atoms with Gasteiger partial charge in [0.15, 0.2) is 17.2 Å². The SMILES string of the molecule is CC1(C)C(/C=C/c2ccc3c(c2)OCO3)=[N+](CCCCCC(=O)NCCN)c2ccc(Nc3ccccc3)cc21. The van der Waals surface area contributed by atoms with Gasteiger partial charge in [0.1, 0.15) is 6.54 Å². The molecule has 40 heavy (non-hydrogen) atoms. The molecule has 0 bridgehead atoms. The van der Waals surface area contributed by atoms with E-state index in [0.717, 1.165) is 54.2 Å². The van der Waals surface area contributed by atoms with Crippen LogP contribution in [0.25, 0.3) is 6.08 Å². The normalized spacial score (nSPS) is 15.0. The first-order valence-electron chi connectivity index (χ1n) is 14.1. The second-order valence-corrected chi connectivity index (χ2v) is 10.8. The molecule has 0 atom stereocenters. The highest BCUT2D eigenvalue weighted by atomic mass is 16.7. The maximum atomic E-state index is 12.0.